The number of nitrogens with zero attached hydrogens (tertiary/aromatic N) is 1. The molecule has 4 aromatic rings. The average molecular weight is 387 g/mol. The zero-order chi connectivity index (χ0) is 20.2. The van der Waals surface area contributed by atoms with Crippen molar-refractivity contribution in [3.05, 3.63) is 138 Å². The second-order valence-corrected chi connectivity index (χ2v) is 7.23. The summed E-state index contributed by atoms with van der Waals surface area (Å²) in [6, 6.07) is 39.1. The topological polar surface area (TPSA) is 21.6 Å². The van der Waals surface area contributed by atoms with Crippen LogP contribution in [-0.4, -0.2) is 6.21 Å². The Bertz CT molecular complexity index is 1200. The molecule has 0 bridgehead atoms. The van der Waals surface area contributed by atoms with Gasteiger partial charge < -0.3 is 4.74 Å². The van der Waals surface area contributed by atoms with E-state index in [1.807, 2.05) is 72.9 Å². The zero-order valence-corrected chi connectivity index (χ0v) is 16.5. The minimum atomic E-state index is 0.0406. The largest absolute Gasteiger partial charge is 0.456 e. The lowest BCUT2D eigenvalue weighted by molar-refractivity contribution is 0.489. The van der Waals surface area contributed by atoms with Gasteiger partial charge in [-0.05, 0) is 23.8 Å². The molecule has 30 heavy (non-hydrogen) atoms. The number of fused-ring (bicyclic) bond motifs is 1. The average Bonchev–Trinajstić information content (AvgIpc) is 2.83. The van der Waals surface area contributed by atoms with E-state index in [9.17, 15) is 0 Å². The van der Waals surface area contributed by atoms with Crippen LogP contribution in [0.3, 0.4) is 0 Å². The van der Waals surface area contributed by atoms with E-state index in [1.165, 1.54) is 5.56 Å². The number of aliphatic imine (C=N–C) groups is 1. The first-order chi connectivity index (χ1) is 14.9. The van der Waals surface area contributed by atoms with Crippen molar-refractivity contribution in [1.82, 2.24) is 0 Å². The number of para-hydroxylation sites is 2. The first kappa shape index (κ1) is 18.1. The molecule has 0 amide bonds. The minimum absolute atomic E-state index is 0.0406. The van der Waals surface area contributed by atoms with Crippen LogP contribution in [0.25, 0.3) is 5.76 Å². The second-order valence-electron chi connectivity index (χ2n) is 7.23. The Kier molecular flexibility index (Phi) is 4.97. The van der Waals surface area contributed by atoms with Gasteiger partial charge in [0.05, 0.1) is 5.69 Å². The molecular weight excluding hydrogens is 366 g/mol. The lowest BCUT2D eigenvalue weighted by Gasteiger charge is -2.30. The van der Waals surface area contributed by atoms with Gasteiger partial charge in [-0.1, -0.05) is 97.1 Å². The van der Waals surface area contributed by atoms with Crippen molar-refractivity contribution in [3.63, 3.8) is 0 Å². The fourth-order valence-electron chi connectivity index (χ4n) is 3.89. The monoisotopic (exact) mass is 387 g/mol. The molecule has 2 heteroatoms. The van der Waals surface area contributed by atoms with Gasteiger partial charge in [0.2, 0.25) is 0 Å². The van der Waals surface area contributed by atoms with Crippen molar-refractivity contribution in [3.8, 4) is 5.75 Å². The summed E-state index contributed by atoms with van der Waals surface area (Å²) in [5.41, 5.74) is 5.38. The quantitative estimate of drug-likeness (QED) is 0.345. The van der Waals surface area contributed by atoms with Crippen LogP contribution in [0.4, 0.5) is 5.69 Å². The fourth-order valence-corrected chi connectivity index (χ4v) is 3.89. The number of hydrogen-bond donors (Lipinski definition) is 0. The molecular formula is C28H21NO. The van der Waals surface area contributed by atoms with Gasteiger partial charge in [-0.15, -0.1) is 0 Å². The van der Waals surface area contributed by atoms with E-state index in [0.717, 1.165) is 33.9 Å². The van der Waals surface area contributed by atoms with Crippen LogP contribution < -0.4 is 4.74 Å². The number of benzene rings is 4. The van der Waals surface area contributed by atoms with Crippen LogP contribution >= 0.6 is 0 Å². The Morgan fingerprint density at radius 1 is 0.633 bits per heavy atom. The molecule has 1 unspecified atom stereocenters. The number of allylic oxidation sites excluding steroid dienone is 1. The highest BCUT2D eigenvalue weighted by molar-refractivity contribution is 5.95. The molecule has 1 aliphatic rings. The van der Waals surface area contributed by atoms with E-state index in [2.05, 4.69) is 48.5 Å². The Balaban J connectivity index is 1.73. The highest BCUT2D eigenvalue weighted by Gasteiger charge is 2.30. The molecule has 1 atom stereocenters. The predicted octanol–water partition coefficient (Wildman–Crippen LogP) is 7.02. The zero-order valence-electron chi connectivity index (χ0n) is 16.5. The van der Waals surface area contributed by atoms with Crippen LogP contribution in [0.2, 0.25) is 0 Å². The molecule has 144 valence electrons. The van der Waals surface area contributed by atoms with Crippen molar-refractivity contribution in [1.29, 1.82) is 0 Å². The van der Waals surface area contributed by atoms with Crippen LogP contribution in [0.5, 0.6) is 5.75 Å². The smallest absolute Gasteiger partial charge is 0.140 e. The van der Waals surface area contributed by atoms with Gasteiger partial charge in [0.25, 0.3) is 0 Å². The Labute approximate surface area is 176 Å². The summed E-state index contributed by atoms with van der Waals surface area (Å²) in [4.78, 5) is 4.79. The molecule has 0 N–H and O–H groups in total. The van der Waals surface area contributed by atoms with Gasteiger partial charge in [-0.3, -0.25) is 4.99 Å². The lowest BCUT2D eigenvalue weighted by atomic mass is 9.81. The van der Waals surface area contributed by atoms with Gasteiger partial charge >= 0.3 is 0 Å². The van der Waals surface area contributed by atoms with E-state index < -0.39 is 0 Å². The highest BCUT2D eigenvalue weighted by atomic mass is 16.5. The molecule has 0 radical (unpaired) electrons. The van der Waals surface area contributed by atoms with E-state index in [0.29, 0.717) is 0 Å². The van der Waals surface area contributed by atoms with E-state index in [1.54, 1.807) is 0 Å². The van der Waals surface area contributed by atoms with Crippen molar-refractivity contribution in [2.24, 2.45) is 4.99 Å². The number of rotatable bonds is 4. The molecule has 2 nitrogen and oxygen atoms in total. The summed E-state index contributed by atoms with van der Waals surface area (Å²) < 4.78 is 6.46. The second kappa shape index (κ2) is 8.22. The molecule has 1 aliphatic heterocycles. The third-order valence-corrected chi connectivity index (χ3v) is 5.29. The van der Waals surface area contributed by atoms with Crippen molar-refractivity contribution in [2.45, 2.75) is 5.92 Å². The Morgan fingerprint density at radius 2 is 1.23 bits per heavy atom. The maximum absolute atomic E-state index is 6.46. The molecule has 5 rings (SSSR count). The highest BCUT2D eigenvalue weighted by Crippen LogP contribution is 2.45. The lowest BCUT2D eigenvalue weighted by Crippen LogP contribution is -2.17. The van der Waals surface area contributed by atoms with Crippen molar-refractivity contribution >= 4 is 17.7 Å². The molecule has 0 fully saturated rings. The van der Waals surface area contributed by atoms with Gasteiger partial charge in [-0.2, -0.15) is 0 Å². The molecule has 0 saturated carbocycles. The maximum atomic E-state index is 6.46. The maximum Gasteiger partial charge on any atom is 0.140 e. The van der Waals surface area contributed by atoms with Crippen molar-refractivity contribution < 1.29 is 4.74 Å². The molecule has 0 spiro atoms. The molecule has 0 aliphatic carbocycles. The SMILES string of the molecule is C(=Nc1ccccc1)C1=C(c2ccccc2)Oc2ccccc2C1c1ccccc1. The summed E-state index contributed by atoms with van der Waals surface area (Å²) >= 11 is 0. The van der Waals surface area contributed by atoms with Gasteiger partial charge in [0, 0.05) is 28.8 Å². The van der Waals surface area contributed by atoms with Crippen molar-refractivity contribution in [2.75, 3.05) is 0 Å². The molecule has 0 aromatic heterocycles. The minimum Gasteiger partial charge on any atom is -0.456 e. The number of hydrogen-bond acceptors (Lipinski definition) is 2. The van der Waals surface area contributed by atoms with E-state index in [-0.39, 0.29) is 5.92 Å². The summed E-state index contributed by atoms with van der Waals surface area (Å²) in [6.45, 7) is 0. The fraction of sp³-hybridized carbons (Fsp3) is 0.0357. The first-order valence-electron chi connectivity index (χ1n) is 10.1. The third kappa shape index (κ3) is 3.56. The standard InChI is InChI=1S/C28H21NO/c1-4-12-21(13-5-1)27-24-18-10-11-19-26(24)30-28(22-14-6-2-7-15-22)25(27)20-29-23-16-8-3-9-17-23/h1-20,27H. The van der Waals surface area contributed by atoms with E-state index >= 15 is 0 Å². The Morgan fingerprint density at radius 3 is 1.97 bits per heavy atom. The summed E-state index contributed by atoms with van der Waals surface area (Å²) in [5, 5.41) is 0. The summed E-state index contributed by atoms with van der Waals surface area (Å²) in [7, 11) is 0. The Hall–Kier alpha value is -3.91. The number of ether oxygens (including phenoxy) is 1. The van der Waals surface area contributed by atoms with Gasteiger partial charge in [0.15, 0.2) is 0 Å². The molecule has 4 aromatic carbocycles. The first-order valence-corrected chi connectivity index (χ1v) is 10.1. The van der Waals surface area contributed by atoms with Gasteiger partial charge in [-0.25, -0.2) is 0 Å². The predicted molar refractivity (Wildman–Crippen MR) is 123 cm³/mol. The molecule has 1 heterocycles. The van der Waals surface area contributed by atoms with Crippen LogP contribution in [0.15, 0.2) is 126 Å². The van der Waals surface area contributed by atoms with Crippen LogP contribution in [0.1, 0.15) is 22.6 Å². The third-order valence-electron chi connectivity index (χ3n) is 5.29. The van der Waals surface area contributed by atoms with E-state index in [4.69, 9.17) is 9.73 Å². The summed E-state index contributed by atoms with van der Waals surface area (Å²) in [5.74, 6) is 1.78. The van der Waals surface area contributed by atoms with Crippen LogP contribution in [-0.2, 0) is 0 Å². The summed E-state index contributed by atoms with van der Waals surface area (Å²) in [6.07, 6.45) is 1.96. The van der Waals surface area contributed by atoms with Crippen LogP contribution in [0, 0.1) is 0 Å². The normalized spacial score (nSPS) is 15.7. The van der Waals surface area contributed by atoms with Gasteiger partial charge in [0.1, 0.15) is 11.5 Å². The molecule has 0 saturated heterocycles.